The van der Waals surface area contributed by atoms with Gasteiger partial charge in [-0.2, -0.15) is 0 Å². The second-order valence-electron chi connectivity index (χ2n) is 8.66. The molecule has 0 spiro atoms. The van der Waals surface area contributed by atoms with E-state index in [4.69, 9.17) is 4.74 Å². The lowest BCUT2D eigenvalue weighted by Crippen LogP contribution is -2.47. The van der Waals surface area contributed by atoms with E-state index in [1.54, 1.807) is 12.4 Å². The Kier molecular flexibility index (Phi) is 6.98. The van der Waals surface area contributed by atoms with Crippen molar-refractivity contribution in [1.82, 2.24) is 20.2 Å². The zero-order valence-corrected chi connectivity index (χ0v) is 17.7. The summed E-state index contributed by atoms with van der Waals surface area (Å²) < 4.78 is 6.44. The van der Waals surface area contributed by atoms with Gasteiger partial charge in [0.05, 0.1) is 24.6 Å². The highest BCUT2D eigenvalue weighted by Gasteiger charge is 2.31. The van der Waals surface area contributed by atoms with E-state index < -0.39 is 0 Å². The quantitative estimate of drug-likeness (QED) is 0.757. The lowest BCUT2D eigenvalue weighted by Gasteiger charge is -2.42. The molecule has 1 aromatic heterocycles. The predicted molar refractivity (Wildman–Crippen MR) is 113 cm³/mol. The molecule has 3 fully saturated rings. The van der Waals surface area contributed by atoms with E-state index in [2.05, 4.69) is 25.1 Å². The third kappa shape index (κ3) is 5.25. The van der Waals surface area contributed by atoms with Crippen molar-refractivity contribution in [1.29, 1.82) is 0 Å². The number of nitrogens with zero attached hydrogens (tertiary/aromatic N) is 4. The van der Waals surface area contributed by atoms with Gasteiger partial charge in [0.1, 0.15) is 11.5 Å². The van der Waals surface area contributed by atoms with Crippen LogP contribution in [0.25, 0.3) is 0 Å². The lowest BCUT2D eigenvalue weighted by molar-refractivity contribution is -0.0598. The fourth-order valence-electron chi connectivity index (χ4n) is 4.55. The minimum atomic E-state index is -0.152. The van der Waals surface area contributed by atoms with Crippen molar-refractivity contribution in [2.45, 2.75) is 76.5 Å². The van der Waals surface area contributed by atoms with Crippen LogP contribution in [0, 0.1) is 0 Å². The van der Waals surface area contributed by atoms with Crippen LogP contribution in [0.4, 0.5) is 5.82 Å². The first-order valence-electron chi connectivity index (χ1n) is 11.5. The maximum Gasteiger partial charge on any atom is 0.271 e. The van der Waals surface area contributed by atoms with Crippen molar-refractivity contribution in [3.05, 3.63) is 18.1 Å². The lowest BCUT2D eigenvalue weighted by atomic mass is 9.89. The first-order chi connectivity index (χ1) is 14.2. The van der Waals surface area contributed by atoms with Crippen molar-refractivity contribution >= 4 is 11.7 Å². The zero-order chi connectivity index (χ0) is 20.1. The zero-order valence-electron chi connectivity index (χ0n) is 17.7. The highest BCUT2D eigenvalue weighted by molar-refractivity contribution is 5.91. The van der Waals surface area contributed by atoms with Gasteiger partial charge in [-0.05, 0) is 44.9 Å². The molecule has 0 aromatic carbocycles. The topological polar surface area (TPSA) is 70.6 Å². The van der Waals surface area contributed by atoms with E-state index in [1.165, 1.54) is 45.2 Å². The van der Waals surface area contributed by atoms with Crippen LogP contribution in [0.5, 0.6) is 0 Å². The van der Waals surface area contributed by atoms with E-state index in [0.717, 1.165) is 44.2 Å². The molecule has 3 heterocycles. The summed E-state index contributed by atoms with van der Waals surface area (Å²) in [7, 11) is 0. The molecule has 0 unspecified atom stereocenters. The predicted octanol–water partition coefficient (Wildman–Crippen LogP) is 2.62. The molecule has 0 atom stereocenters. The van der Waals surface area contributed by atoms with E-state index in [1.807, 2.05) is 6.92 Å². The highest BCUT2D eigenvalue weighted by atomic mass is 16.5. The molecule has 160 valence electrons. The van der Waals surface area contributed by atoms with Gasteiger partial charge >= 0.3 is 0 Å². The number of hydrogen-bond donors (Lipinski definition) is 1. The Bertz CT molecular complexity index is 648. The summed E-state index contributed by atoms with van der Waals surface area (Å²) in [4.78, 5) is 25.6. The Morgan fingerprint density at radius 2 is 1.72 bits per heavy atom. The van der Waals surface area contributed by atoms with Crippen LogP contribution in [0.3, 0.4) is 0 Å². The number of amides is 1. The fourth-order valence-corrected chi connectivity index (χ4v) is 4.55. The van der Waals surface area contributed by atoms with E-state index in [0.29, 0.717) is 24.4 Å². The van der Waals surface area contributed by atoms with Gasteiger partial charge in [0.2, 0.25) is 0 Å². The van der Waals surface area contributed by atoms with Gasteiger partial charge in [-0.25, -0.2) is 9.97 Å². The molecule has 7 nitrogen and oxygen atoms in total. The maximum absolute atomic E-state index is 12.0. The van der Waals surface area contributed by atoms with Crippen LogP contribution >= 0.6 is 0 Å². The van der Waals surface area contributed by atoms with Crippen LogP contribution < -0.4 is 10.2 Å². The molecular weight excluding hydrogens is 366 g/mol. The van der Waals surface area contributed by atoms with E-state index in [9.17, 15) is 4.79 Å². The van der Waals surface area contributed by atoms with Gasteiger partial charge in [-0.15, -0.1) is 0 Å². The Morgan fingerprint density at radius 1 is 1.03 bits per heavy atom. The first-order valence-corrected chi connectivity index (χ1v) is 11.5. The number of aromatic nitrogens is 2. The van der Waals surface area contributed by atoms with Gasteiger partial charge in [0.25, 0.3) is 5.91 Å². The fraction of sp³-hybridized carbons (Fsp3) is 0.773. The second-order valence-corrected chi connectivity index (χ2v) is 8.66. The Hall–Kier alpha value is -1.73. The van der Waals surface area contributed by atoms with Crippen molar-refractivity contribution in [3.63, 3.8) is 0 Å². The molecule has 2 aliphatic heterocycles. The number of nitrogens with one attached hydrogen (secondary N) is 1. The van der Waals surface area contributed by atoms with Gasteiger partial charge in [0, 0.05) is 38.8 Å². The molecule has 2 saturated heterocycles. The Morgan fingerprint density at radius 3 is 2.28 bits per heavy atom. The van der Waals surface area contributed by atoms with Gasteiger partial charge in [-0.1, -0.05) is 13.3 Å². The van der Waals surface area contributed by atoms with Crippen molar-refractivity contribution in [2.24, 2.45) is 0 Å². The molecule has 7 heteroatoms. The number of likely N-dealkylation sites (tertiary alicyclic amines) is 1. The molecular formula is C22H35N5O2. The minimum absolute atomic E-state index is 0.152. The van der Waals surface area contributed by atoms with Crippen LogP contribution in [-0.2, 0) is 4.74 Å². The van der Waals surface area contributed by atoms with E-state index >= 15 is 0 Å². The monoisotopic (exact) mass is 401 g/mol. The molecule has 0 radical (unpaired) electrons. The highest BCUT2D eigenvalue weighted by Crippen LogP contribution is 2.29. The molecule has 3 aliphatic rings. The summed E-state index contributed by atoms with van der Waals surface area (Å²) in [5.74, 6) is 0.700. The molecule has 0 bridgehead atoms. The molecule has 4 rings (SSSR count). The second kappa shape index (κ2) is 9.85. The van der Waals surface area contributed by atoms with Crippen molar-refractivity contribution in [2.75, 3.05) is 37.6 Å². The van der Waals surface area contributed by atoms with Gasteiger partial charge in [-0.3, -0.25) is 4.79 Å². The van der Waals surface area contributed by atoms with Crippen molar-refractivity contribution < 1.29 is 9.53 Å². The van der Waals surface area contributed by atoms with Gasteiger partial charge < -0.3 is 19.9 Å². The summed E-state index contributed by atoms with van der Waals surface area (Å²) >= 11 is 0. The van der Waals surface area contributed by atoms with Crippen molar-refractivity contribution in [3.8, 4) is 0 Å². The molecule has 1 aliphatic carbocycles. The summed E-state index contributed by atoms with van der Waals surface area (Å²) in [6, 6.07) is 0.865. The molecule has 1 saturated carbocycles. The average Bonchev–Trinajstić information content (AvgIpc) is 2.73. The molecule has 29 heavy (non-hydrogen) atoms. The van der Waals surface area contributed by atoms with E-state index in [-0.39, 0.29) is 5.91 Å². The number of rotatable bonds is 7. The summed E-state index contributed by atoms with van der Waals surface area (Å²) in [6.07, 6.45) is 13.7. The number of carbonyl (C=O) groups excluding carboxylic acids is 1. The third-order valence-corrected chi connectivity index (χ3v) is 6.62. The normalized spacial score (nSPS) is 22.4. The SMILES string of the molecule is CCCNC(=O)c1cnc(N2CCC(OC3CCN(C4CCC4)CC3)CC2)cn1. The third-order valence-electron chi connectivity index (χ3n) is 6.62. The largest absolute Gasteiger partial charge is 0.375 e. The van der Waals surface area contributed by atoms with Crippen LogP contribution in [-0.4, -0.2) is 71.7 Å². The number of anilines is 1. The maximum atomic E-state index is 12.0. The smallest absolute Gasteiger partial charge is 0.271 e. The average molecular weight is 402 g/mol. The molecule has 1 N–H and O–H groups in total. The number of piperidine rings is 2. The summed E-state index contributed by atoms with van der Waals surface area (Å²) in [5, 5.41) is 2.83. The molecule has 1 amide bonds. The van der Waals surface area contributed by atoms with Gasteiger partial charge in [0.15, 0.2) is 0 Å². The number of hydrogen-bond acceptors (Lipinski definition) is 6. The van der Waals surface area contributed by atoms with Crippen LogP contribution in [0.15, 0.2) is 12.4 Å². The number of ether oxygens (including phenoxy) is 1. The molecule has 1 aromatic rings. The van der Waals surface area contributed by atoms with Crippen LogP contribution in [0.1, 0.15) is 68.8 Å². The van der Waals surface area contributed by atoms with Crippen LogP contribution in [0.2, 0.25) is 0 Å². The Balaban J connectivity index is 1.19. The summed E-state index contributed by atoms with van der Waals surface area (Å²) in [6.45, 7) is 6.98. The number of carbonyl (C=O) groups is 1. The minimum Gasteiger partial charge on any atom is -0.375 e. The first kappa shape index (κ1) is 20.5. The Labute approximate surface area is 174 Å². The standard InChI is InChI=1S/C22H35N5O2/c1-2-10-23-22(28)20-15-25-21(16-24-20)27-13-8-19(9-14-27)29-18-6-11-26(12-7-18)17-4-3-5-17/h15-19H,2-14H2,1H3,(H,23,28). The summed E-state index contributed by atoms with van der Waals surface area (Å²) in [5.41, 5.74) is 0.383.